The van der Waals surface area contributed by atoms with Crippen molar-refractivity contribution in [3.05, 3.63) is 23.5 Å². The monoisotopic (exact) mass is 191 g/mol. The number of nitrogens with zero attached hydrogens (tertiary/aromatic N) is 2. The molecule has 0 radical (unpaired) electrons. The average molecular weight is 191 g/mol. The predicted octanol–water partition coefficient (Wildman–Crippen LogP) is 1.06. The smallest absolute Gasteiger partial charge is 0.103 e. The van der Waals surface area contributed by atoms with Crippen LogP contribution in [0.1, 0.15) is 17.7 Å². The minimum absolute atomic E-state index is 0.152. The lowest BCUT2D eigenvalue weighted by atomic mass is 10.2. The number of aliphatic hydroxyl groups excluding tert-OH is 1. The van der Waals surface area contributed by atoms with Gasteiger partial charge in [0.1, 0.15) is 6.07 Å². The van der Waals surface area contributed by atoms with E-state index in [0.717, 1.165) is 11.4 Å². The zero-order valence-electron chi connectivity index (χ0n) is 8.12. The minimum atomic E-state index is 0.152. The molecule has 0 unspecified atom stereocenters. The van der Waals surface area contributed by atoms with Gasteiger partial charge in [0.2, 0.25) is 0 Å². The summed E-state index contributed by atoms with van der Waals surface area (Å²) in [4.78, 5) is 4.03. The Balaban J connectivity index is 2.73. The normalized spacial score (nSPS) is 9.50. The average Bonchev–Trinajstić information content (AvgIpc) is 2.19. The van der Waals surface area contributed by atoms with Gasteiger partial charge in [-0.3, -0.25) is 4.98 Å². The van der Waals surface area contributed by atoms with E-state index in [0.29, 0.717) is 18.5 Å². The summed E-state index contributed by atoms with van der Waals surface area (Å²) in [5.41, 5.74) is 2.19. The van der Waals surface area contributed by atoms with Gasteiger partial charge >= 0.3 is 0 Å². The SMILES string of the molecule is Cc1cc(NCCCO)c(C#N)cn1. The first-order valence-electron chi connectivity index (χ1n) is 4.49. The maximum atomic E-state index is 8.79. The van der Waals surface area contributed by atoms with Gasteiger partial charge in [-0.05, 0) is 19.4 Å². The third-order valence-electron chi connectivity index (χ3n) is 1.81. The molecule has 0 aromatic carbocycles. The van der Waals surface area contributed by atoms with Crippen LogP contribution in [0, 0.1) is 18.3 Å². The zero-order valence-corrected chi connectivity index (χ0v) is 8.12. The lowest BCUT2D eigenvalue weighted by Crippen LogP contribution is -2.05. The number of nitrogens with one attached hydrogen (secondary N) is 1. The van der Waals surface area contributed by atoms with Crippen LogP contribution in [0.5, 0.6) is 0 Å². The maximum absolute atomic E-state index is 8.79. The molecule has 0 saturated heterocycles. The number of aryl methyl sites for hydroxylation is 1. The molecule has 0 aliphatic heterocycles. The van der Waals surface area contributed by atoms with E-state index in [9.17, 15) is 0 Å². The highest BCUT2D eigenvalue weighted by Crippen LogP contribution is 2.14. The summed E-state index contributed by atoms with van der Waals surface area (Å²) >= 11 is 0. The van der Waals surface area contributed by atoms with Crippen LogP contribution in [-0.2, 0) is 0 Å². The molecule has 0 aliphatic carbocycles. The van der Waals surface area contributed by atoms with Crippen molar-refractivity contribution in [2.24, 2.45) is 0 Å². The van der Waals surface area contributed by atoms with E-state index in [2.05, 4.69) is 16.4 Å². The van der Waals surface area contributed by atoms with E-state index in [1.807, 2.05) is 13.0 Å². The Labute approximate surface area is 83.2 Å². The molecule has 2 N–H and O–H groups in total. The van der Waals surface area contributed by atoms with Crippen LogP contribution in [0.15, 0.2) is 12.3 Å². The van der Waals surface area contributed by atoms with Gasteiger partial charge in [-0.15, -0.1) is 0 Å². The Morgan fingerprint density at radius 3 is 3.07 bits per heavy atom. The number of nitriles is 1. The molecule has 0 atom stereocenters. The Morgan fingerprint density at radius 1 is 1.64 bits per heavy atom. The minimum Gasteiger partial charge on any atom is -0.396 e. The Bertz CT molecular complexity index is 344. The van der Waals surface area contributed by atoms with Gasteiger partial charge in [-0.1, -0.05) is 0 Å². The molecule has 74 valence electrons. The number of aliphatic hydroxyl groups is 1. The molecule has 0 amide bonds. The lowest BCUT2D eigenvalue weighted by molar-refractivity contribution is 0.292. The summed E-state index contributed by atoms with van der Waals surface area (Å²) in [6.45, 7) is 2.69. The Kier molecular flexibility index (Phi) is 3.89. The van der Waals surface area contributed by atoms with Gasteiger partial charge in [0.25, 0.3) is 0 Å². The fourth-order valence-corrected chi connectivity index (χ4v) is 1.10. The van der Waals surface area contributed by atoms with Crippen LogP contribution in [0.25, 0.3) is 0 Å². The van der Waals surface area contributed by atoms with E-state index in [4.69, 9.17) is 10.4 Å². The molecule has 0 saturated carbocycles. The lowest BCUT2D eigenvalue weighted by Gasteiger charge is -2.07. The molecule has 1 rings (SSSR count). The summed E-state index contributed by atoms with van der Waals surface area (Å²) in [7, 11) is 0. The predicted molar refractivity (Wildman–Crippen MR) is 53.9 cm³/mol. The van der Waals surface area contributed by atoms with E-state index < -0.39 is 0 Å². The first kappa shape index (κ1) is 10.5. The summed E-state index contributed by atoms with van der Waals surface area (Å²) in [5, 5.41) is 20.5. The Morgan fingerprint density at radius 2 is 2.43 bits per heavy atom. The molecule has 0 bridgehead atoms. The third-order valence-corrected chi connectivity index (χ3v) is 1.81. The molecule has 0 spiro atoms. The van der Waals surface area contributed by atoms with Gasteiger partial charge in [-0.25, -0.2) is 0 Å². The van der Waals surface area contributed by atoms with Crippen molar-refractivity contribution in [2.45, 2.75) is 13.3 Å². The fraction of sp³-hybridized carbons (Fsp3) is 0.400. The van der Waals surface area contributed by atoms with Crippen LogP contribution in [-0.4, -0.2) is 23.2 Å². The number of hydrogen-bond acceptors (Lipinski definition) is 4. The second-order valence-corrected chi connectivity index (χ2v) is 2.99. The van der Waals surface area contributed by atoms with Gasteiger partial charge in [0.05, 0.1) is 11.3 Å². The van der Waals surface area contributed by atoms with Crippen molar-refractivity contribution in [2.75, 3.05) is 18.5 Å². The van der Waals surface area contributed by atoms with E-state index in [1.165, 1.54) is 0 Å². The van der Waals surface area contributed by atoms with Crippen LogP contribution < -0.4 is 5.32 Å². The molecule has 4 nitrogen and oxygen atoms in total. The maximum Gasteiger partial charge on any atom is 0.103 e. The second-order valence-electron chi connectivity index (χ2n) is 2.99. The van der Waals surface area contributed by atoms with E-state index >= 15 is 0 Å². The molecule has 4 heteroatoms. The van der Waals surface area contributed by atoms with Crippen molar-refractivity contribution in [1.29, 1.82) is 5.26 Å². The van der Waals surface area contributed by atoms with Crippen LogP contribution >= 0.6 is 0 Å². The molecular weight excluding hydrogens is 178 g/mol. The van der Waals surface area contributed by atoms with Gasteiger partial charge < -0.3 is 10.4 Å². The molecule has 1 heterocycles. The summed E-state index contributed by atoms with van der Waals surface area (Å²) in [5.74, 6) is 0. The first-order valence-corrected chi connectivity index (χ1v) is 4.49. The van der Waals surface area contributed by atoms with Crippen LogP contribution in [0.3, 0.4) is 0 Å². The molecule has 0 aliphatic rings. The van der Waals surface area contributed by atoms with Gasteiger partial charge in [-0.2, -0.15) is 5.26 Å². The van der Waals surface area contributed by atoms with Crippen LogP contribution in [0.4, 0.5) is 5.69 Å². The molecule has 1 aromatic heterocycles. The Hall–Kier alpha value is -1.60. The van der Waals surface area contributed by atoms with E-state index in [1.54, 1.807) is 6.20 Å². The molecule has 14 heavy (non-hydrogen) atoms. The third kappa shape index (κ3) is 2.71. The number of rotatable bonds is 4. The fourth-order valence-electron chi connectivity index (χ4n) is 1.10. The largest absolute Gasteiger partial charge is 0.396 e. The quantitative estimate of drug-likeness (QED) is 0.698. The van der Waals surface area contributed by atoms with Crippen molar-refractivity contribution in [1.82, 2.24) is 4.98 Å². The highest BCUT2D eigenvalue weighted by molar-refractivity contribution is 5.56. The van der Waals surface area contributed by atoms with Crippen molar-refractivity contribution in [3.8, 4) is 6.07 Å². The van der Waals surface area contributed by atoms with Crippen molar-refractivity contribution in [3.63, 3.8) is 0 Å². The number of pyridine rings is 1. The first-order chi connectivity index (χ1) is 6.77. The van der Waals surface area contributed by atoms with Crippen LogP contribution in [0.2, 0.25) is 0 Å². The van der Waals surface area contributed by atoms with Crippen molar-refractivity contribution < 1.29 is 5.11 Å². The second kappa shape index (κ2) is 5.20. The molecule has 0 fully saturated rings. The van der Waals surface area contributed by atoms with Gasteiger partial charge in [0, 0.05) is 25.0 Å². The standard InChI is InChI=1S/C10H13N3O/c1-8-5-10(12-3-2-4-14)9(6-11)7-13-8/h5,7,14H,2-4H2,1H3,(H,12,13). The highest BCUT2D eigenvalue weighted by Gasteiger charge is 2.01. The van der Waals surface area contributed by atoms with Crippen molar-refractivity contribution >= 4 is 5.69 Å². The summed E-state index contributed by atoms with van der Waals surface area (Å²) in [6.07, 6.45) is 2.23. The van der Waals surface area contributed by atoms with E-state index in [-0.39, 0.29) is 6.61 Å². The molecular formula is C10H13N3O. The molecule has 1 aromatic rings. The summed E-state index contributed by atoms with van der Waals surface area (Å²) in [6, 6.07) is 3.89. The number of aromatic nitrogens is 1. The zero-order chi connectivity index (χ0) is 10.4. The topological polar surface area (TPSA) is 68.9 Å². The van der Waals surface area contributed by atoms with Gasteiger partial charge in [0.15, 0.2) is 0 Å². The number of anilines is 1. The number of hydrogen-bond donors (Lipinski definition) is 2. The highest BCUT2D eigenvalue weighted by atomic mass is 16.3. The summed E-state index contributed by atoms with van der Waals surface area (Å²) < 4.78 is 0.